The normalized spacial score (nSPS) is 13.4. The lowest BCUT2D eigenvalue weighted by Gasteiger charge is -2.28. The molecule has 33 heavy (non-hydrogen) atoms. The highest BCUT2D eigenvalue weighted by atomic mass is 32.1. The molecule has 2 amide bonds. The van der Waals surface area contributed by atoms with E-state index in [0.29, 0.717) is 29.9 Å². The Morgan fingerprint density at radius 3 is 2.76 bits per heavy atom. The number of benzene rings is 1. The van der Waals surface area contributed by atoms with E-state index in [9.17, 15) is 22.8 Å². The first-order valence-electron chi connectivity index (χ1n) is 10.1. The van der Waals surface area contributed by atoms with Gasteiger partial charge in [-0.15, -0.1) is 11.3 Å². The number of pyridine rings is 1. The lowest BCUT2D eigenvalue weighted by molar-refractivity contribution is -0.154. The number of halogens is 3. The fourth-order valence-electron chi connectivity index (χ4n) is 3.55. The third-order valence-corrected chi connectivity index (χ3v) is 6.31. The van der Waals surface area contributed by atoms with E-state index >= 15 is 0 Å². The third kappa shape index (κ3) is 5.33. The molecule has 1 N–H and O–H groups in total. The van der Waals surface area contributed by atoms with Crippen LogP contribution in [-0.2, 0) is 13.0 Å². The molecule has 0 atom stereocenters. The van der Waals surface area contributed by atoms with E-state index in [1.54, 1.807) is 41.4 Å². The number of nitrogens with one attached hydrogen (secondary N) is 1. The maximum absolute atomic E-state index is 13.1. The maximum atomic E-state index is 13.1. The van der Waals surface area contributed by atoms with Gasteiger partial charge in [0.2, 0.25) is 5.88 Å². The Hall–Kier alpha value is -3.40. The van der Waals surface area contributed by atoms with Gasteiger partial charge in [0.25, 0.3) is 11.8 Å². The second-order valence-corrected chi connectivity index (χ2v) is 8.57. The number of ether oxygens (including phenoxy) is 1. The number of thiophene rings is 1. The number of aromatic nitrogens is 1. The number of amides is 2. The van der Waals surface area contributed by atoms with Gasteiger partial charge in [-0.05, 0) is 54.1 Å². The lowest BCUT2D eigenvalue weighted by atomic mass is 10.0. The first kappa shape index (κ1) is 22.8. The largest absolute Gasteiger partial charge is 0.468 e. The van der Waals surface area contributed by atoms with Crippen LogP contribution in [0.3, 0.4) is 0 Å². The molecule has 6 nitrogen and oxygen atoms in total. The summed E-state index contributed by atoms with van der Waals surface area (Å²) < 4.78 is 41.3. The summed E-state index contributed by atoms with van der Waals surface area (Å²) in [6, 6.07) is 9.67. The Kier molecular flexibility index (Phi) is 6.37. The average Bonchev–Trinajstić information content (AvgIpc) is 3.26. The molecule has 0 unspecified atom stereocenters. The number of carbonyl (C=O) groups is 2. The van der Waals surface area contributed by atoms with Crippen molar-refractivity contribution in [2.45, 2.75) is 26.1 Å². The summed E-state index contributed by atoms with van der Waals surface area (Å²) in [4.78, 5) is 32.6. The number of rotatable bonds is 5. The molecule has 0 fully saturated rings. The van der Waals surface area contributed by atoms with Gasteiger partial charge in [-0.1, -0.05) is 6.07 Å². The minimum Gasteiger partial charge on any atom is -0.468 e. The van der Waals surface area contributed by atoms with Gasteiger partial charge in [0.05, 0.1) is 5.56 Å². The Bertz CT molecular complexity index is 1180. The molecule has 172 valence electrons. The Balaban J connectivity index is 1.44. The lowest BCUT2D eigenvalue weighted by Crippen LogP contribution is -2.35. The zero-order valence-electron chi connectivity index (χ0n) is 17.6. The third-order valence-electron chi connectivity index (χ3n) is 5.29. The second-order valence-electron chi connectivity index (χ2n) is 7.57. The summed E-state index contributed by atoms with van der Waals surface area (Å²) >= 11 is 1.70. The molecule has 3 aromatic rings. The highest BCUT2D eigenvalue weighted by Gasteiger charge is 2.28. The predicted octanol–water partition coefficient (Wildman–Crippen LogP) is 4.84. The van der Waals surface area contributed by atoms with E-state index in [2.05, 4.69) is 15.0 Å². The van der Waals surface area contributed by atoms with Crippen molar-refractivity contribution in [2.24, 2.45) is 0 Å². The van der Waals surface area contributed by atoms with E-state index in [0.717, 1.165) is 18.2 Å². The van der Waals surface area contributed by atoms with E-state index in [1.807, 2.05) is 11.4 Å². The highest BCUT2D eigenvalue weighted by Crippen LogP contribution is 2.27. The number of nitrogens with zero attached hydrogens (tertiary/aromatic N) is 2. The van der Waals surface area contributed by atoms with Crippen LogP contribution in [0.2, 0.25) is 0 Å². The van der Waals surface area contributed by atoms with Crippen LogP contribution in [0.25, 0.3) is 0 Å². The Morgan fingerprint density at radius 1 is 1.21 bits per heavy atom. The molecule has 1 aromatic carbocycles. The van der Waals surface area contributed by atoms with Gasteiger partial charge >= 0.3 is 6.18 Å². The molecule has 3 heterocycles. The van der Waals surface area contributed by atoms with Gasteiger partial charge in [0.15, 0.2) is 6.61 Å². The quantitative estimate of drug-likeness (QED) is 0.573. The smallest absolute Gasteiger partial charge is 0.422 e. The molecule has 10 heteroatoms. The first-order chi connectivity index (χ1) is 15.7. The molecule has 1 aliphatic rings. The van der Waals surface area contributed by atoms with Crippen molar-refractivity contribution in [3.05, 3.63) is 75.1 Å². The molecule has 4 rings (SSSR count). The van der Waals surface area contributed by atoms with Crippen LogP contribution in [-0.4, -0.2) is 41.0 Å². The SMILES string of the molecule is Cc1c(NC(=O)c2ccc(OCC(F)(F)F)nc2)cccc1C(=O)N1CCc2sccc2C1. The standard InChI is InChI=1S/C23H20F3N3O3S/c1-14-17(22(31)29-9-7-19-16(12-29)8-10-33-19)3-2-4-18(14)28-21(30)15-5-6-20(27-11-15)32-13-23(24,25)26/h2-6,8,10-11H,7,9,12-13H2,1H3,(H,28,30). The Morgan fingerprint density at radius 2 is 2.03 bits per heavy atom. The van der Waals surface area contributed by atoms with Crippen LogP contribution in [0.1, 0.15) is 36.7 Å². The topological polar surface area (TPSA) is 71.5 Å². The van der Waals surface area contributed by atoms with Crippen molar-refractivity contribution in [1.29, 1.82) is 0 Å². The van der Waals surface area contributed by atoms with Crippen molar-refractivity contribution in [1.82, 2.24) is 9.88 Å². The molecular weight excluding hydrogens is 455 g/mol. The molecule has 1 aliphatic heterocycles. The minimum absolute atomic E-state index is 0.103. The highest BCUT2D eigenvalue weighted by molar-refractivity contribution is 7.10. The van der Waals surface area contributed by atoms with Gasteiger partial charge in [-0.3, -0.25) is 9.59 Å². The summed E-state index contributed by atoms with van der Waals surface area (Å²) in [5.41, 5.74) is 2.91. The fraction of sp³-hybridized carbons (Fsp3) is 0.261. The van der Waals surface area contributed by atoms with Crippen LogP contribution in [0.5, 0.6) is 5.88 Å². The summed E-state index contributed by atoms with van der Waals surface area (Å²) in [6.45, 7) is 1.49. The van der Waals surface area contributed by atoms with Crippen molar-refractivity contribution in [2.75, 3.05) is 18.5 Å². The van der Waals surface area contributed by atoms with E-state index in [4.69, 9.17) is 0 Å². The van der Waals surface area contributed by atoms with Gasteiger partial charge in [0.1, 0.15) is 0 Å². The van der Waals surface area contributed by atoms with Crippen LogP contribution in [0.4, 0.5) is 18.9 Å². The molecule has 0 radical (unpaired) electrons. The average molecular weight is 475 g/mol. The molecule has 0 saturated heterocycles. The van der Waals surface area contributed by atoms with Crippen LogP contribution >= 0.6 is 11.3 Å². The molecule has 0 saturated carbocycles. The molecule has 0 spiro atoms. The number of alkyl halides is 3. The van der Waals surface area contributed by atoms with Crippen molar-refractivity contribution >= 4 is 28.8 Å². The number of carbonyl (C=O) groups excluding carboxylic acids is 2. The van der Waals surface area contributed by atoms with Gasteiger partial charge in [0, 0.05) is 41.5 Å². The Labute approximate surface area is 192 Å². The van der Waals surface area contributed by atoms with Crippen LogP contribution in [0.15, 0.2) is 48.0 Å². The zero-order chi connectivity index (χ0) is 23.6. The molecule has 2 aromatic heterocycles. The van der Waals surface area contributed by atoms with Crippen LogP contribution < -0.4 is 10.1 Å². The van der Waals surface area contributed by atoms with E-state index in [-0.39, 0.29) is 17.4 Å². The maximum Gasteiger partial charge on any atom is 0.422 e. The second kappa shape index (κ2) is 9.22. The summed E-state index contributed by atoms with van der Waals surface area (Å²) in [5, 5.41) is 4.77. The number of fused-ring (bicyclic) bond motifs is 1. The van der Waals surface area contributed by atoms with E-state index in [1.165, 1.54) is 17.0 Å². The zero-order valence-corrected chi connectivity index (χ0v) is 18.4. The monoisotopic (exact) mass is 475 g/mol. The predicted molar refractivity (Wildman–Crippen MR) is 118 cm³/mol. The molecule has 0 aliphatic carbocycles. The van der Waals surface area contributed by atoms with Gasteiger partial charge < -0.3 is 15.0 Å². The van der Waals surface area contributed by atoms with Gasteiger partial charge in [-0.25, -0.2) is 4.98 Å². The first-order valence-corrected chi connectivity index (χ1v) is 11.0. The van der Waals surface area contributed by atoms with Crippen molar-refractivity contribution in [3.63, 3.8) is 0 Å². The minimum atomic E-state index is -4.47. The van der Waals surface area contributed by atoms with Crippen molar-refractivity contribution in [3.8, 4) is 5.88 Å². The van der Waals surface area contributed by atoms with Crippen molar-refractivity contribution < 1.29 is 27.5 Å². The summed E-state index contributed by atoms with van der Waals surface area (Å²) in [6.07, 6.45) is -2.51. The molecule has 0 bridgehead atoms. The van der Waals surface area contributed by atoms with Crippen LogP contribution in [0, 0.1) is 6.92 Å². The molecular formula is C23H20F3N3O3S. The fourth-order valence-corrected chi connectivity index (χ4v) is 4.43. The summed E-state index contributed by atoms with van der Waals surface area (Å²) in [7, 11) is 0. The number of anilines is 1. The van der Waals surface area contributed by atoms with E-state index < -0.39 is 18.7 Å². The number of hydrogen-bond acceptors (Lipinski definition) is 5. The summed E-state index contributed by atoms with van der Waals surface area (Å²) in [5.74, 6) is -0.838. The number of hydrogen-bond donors (Lipinski definition) is 1. The van der Waals surface area contributed by atoms with Gasteiger partial charge in [-0.2, -0.15) is 13.2 Å².